The maximum Gasteiger partial charge on any atom is 0.258 e. The summed E-state index contributed by atoms with van der Waals surface area (Å²) in [6.45, 7) is 6.91. The Labute approximate surface area is 76.1 Å². The Balaban J connectivity index is 3.18. The summed E-state index contributed by atoms with van der Waals surface area (Å²) in [5, 5.41) is 2.18. The van der Waals surface area contributed by atoms with Crippen molar-refractivity contribution in [3.63, 3.8) is 0 Å². The maximum atomic E-state index is 11.1. The molecule has 0 aromatic carbocycles. The van der Waals surface area contributed by atoms with Crippen LogP contribution in [0.2, 0.25) is 0 Å². The third-order valence-electron chi connectivity index (χ3n) is 1.58. The Bertz CT molecular complexity index is 314. The molecule has 1 heterocycles. The first-order valence-electron chi connectivity index (χ1n) is 3.72. The van der Waals surface area contributed by atoms with E-state index >= 15 is 0 Å². The van der Waals surface area contributed by atoms with Gasteiger partial charge in [0, 0.05) is 0 Å². The summed E-state index contributed by atoms with van der Waals surface area (Å²) in [5.41, 5.74) is 0.666. The molecule has 13 heavy (non-hydrogen) atoms. The second kappa shape index (κ2) is 3.67. The first-order chi connectivity index (χ1) is 6.20. The molecule has 3 heteroatoms. The highest BCUT2D eigenvalue weighted by Gasteiger charge is 2.28. The van der Waals surface area contributed by atoms with Crippen molar-refractivity contribution in [3.8, 4) is 0 Å². The van der Waals surface area contributed by atoms with E-state index in [9.17, 15) is 9.59 Å². The summed E-state index contributed by atoms with van der Waals surface area (Å²) >= 11 is 0. The molecule has 0 bridgehead atoms. The summed E-state index contributed by atoms with van der Waals surface area (Å²) in [7, 11) is 0. The Morgan fingerprint density at radius 3 is 1.62 bits per heavy atom. The van der Waals surface area contributed by atoms with Crippen molar-refractivity contribution in [1.82, 2.24) is 5.32 Å². The molecular formula is C10H9NO2. The van der Waals surface area contributed by atoms with Gasteiger partial charge in [-0.2, -0.15) is 0 Å². The van der Waals surface area contributed by atoms with Gasteiger partial charge in [0.2, 0.25) is 0 Å². The molecule has 0 aromatic heterocycles. The van der Waals surface area contributed by atoms with Gasteiger partial charge in [0.1, 0.15) is 0 Å². The number of carbonyl (C=O) groups excluding carboxylic acids is 2. The van der Waals surface area contributed by atoms with Crippen LogP contribution in [0, 0.1) is 0 Å². The first-order valence-corrected chi connectivity index (χ1v) is 3.72. The number of nitrogens with one attached hydrogen (secondary N) is 1. The molecule has 0 unspecified atom stereocenters. The Hall–Kier alpha value is -1.90. The van der Waals surface area contributed by atoms with Crippen LogP contribution in [0.3, 0.4) is 0 Å². The molecule has 0 saturated carbocycles. The lowest BCUT2D eigenvalue weighted by atomic mass is 10.1. The highest BCUT2D eigenvalue weighted by molar-refractivity contribution is 6.24. The molecule has 1 fully saturated rings. The van der Waals surface area contributed by atoms with Gasteiger partial charge in [-0.15, -0.1) is 0 Å². The maximum absolute atomic E-state index is 11.1. The second-order valence-corrected chi connectivity index (χ2v) is 2.42. The van der Waals surface area contributed by atoms with E-state index in [-0.39, 0.29) is 0 Å². The number of hydrogen-bond donors (Lipinski definition) is 1. The summed E-state index contributed by atoms with van der Waals surface area (Å²) in [4.78, 5) is 22.3. The van der Waals surface area contributed by atoms with Crippen LogP contribution in [0.15, 0.2) is 48.6 Å². The summed E-state index contributed by atoms with van der Waals surface area (Å²) < 4.78 is 0. The molecule has 66 valence electrons. The smallest absolute Gasteiger partial charge is 0.258 e. The van der Waals surface area contributed by atoms with E-state index in [1.54, 1.807) is 0 Å². The third kappa shape index (κ3) is 1.64. The average molecular weight is 175 g/mol. The lowest BCUT2D eigenvalue weighted by Gasteiger charge is -1.90. The van der Waals surface area contributed by atoms with E-state index in [0.29, 0.717) is 11.1 Å². The number of allylic oxidation sites excluding steroid dienone is 4. The van der Waals surface area contributed by atoms with E-state index in [2.05, 4.69) is 18.5 Å². The van der Waals surface area contributed by atoms with Gasteiger partial charge in [0.15, 0.2) is 0 Å². The minimum atomic E-state index is -0.391. The highest BCUT2D eigenvalue weighted by Crippen LogP contribution is 2.17. The molecule has 1 aliphatic rings. The fraction of sp³-hybridized carbons (Fsp3) is 0. The largest absolute Gasteiger partial charge is 0.288 e. The molecule has 1 saturated heterocycles. The second-order valence-electron chi connectivity index (χ2n) is 2.42. The zero-order chi connectivity index (χ0) is 9.84. The first kappa shape index (κ1) is 9.19. The summed E-state index contributed by atoms with van der Waals surface area (Å²) in [6.07, 6.45) is 5.92. The standard InChI is InChI=1S/C10H9NO2/c1-3-5-7-8(6-4-2)10(13)11-9(7)12/h3-6H,1-2H2,(H,11,12,13)/b7-5+,8-6+. The molecule has 1 N–H and O–H groups in total. The molecule has 3 nitrogen and oxygen atoms in total. The van der Waals surface area contributed by atoms with E-state index in [0.717, 1.165) is 0 Å². The fourth-order valence-electron chi connectivity index (χ4n) is 1.05. The minimum Gasteiger partial charge on any atom is -0.288 e. The van der Waals surface area contributed by atoms with Gasteiger partial charge >= 0.3 is 0 Å². The molecule has 0 aliphatic carbocycles. The Morgan fingerprint density at radius 1 is 0.923 bits per heavy atom. The number of carbonyl (C=O) groups is 2. The van der Waals surface area contributed by atoms with Crippen LogP contribution in [-0.4, -0.2) is 11.8 Å². The van der Waals surface area contributed by atoms with Crippen LogP contribution in [0.1, 0.15) is 0 Å². The van der Waals surface area contributed by atoms with Crippen molar-refractivity contribution in [2.45, 2.75) is 0 Å². The zero-order valence-electron chi connectivity index (χ0n) is 7.04. The lowest BCUT2D eigenvalue weighted by molar-refractivity contribution is -0.123. The predicted octanol–water partition coefficient (Wildman–Crippen LogP) is 0.868. The van der Waals surface area contributed by atoms with E-state index in [4.69, 9.17) is 0 Å². The van der Waals surface area contributed by atoms with Gasteiger partial charge in [0.05, 0.1) is 11.1 Å². The SMILES string of the molecule is C=C/C=C1/C(=O)NC(=O)/C1=C/C=C. The summed E-state index contributed by atoms with van der Waals surface area (Å²) in [6, 6.07) is 0. The van der Waals surface area contributed by atoms with Crippen molar-refractivity contribution in [2.75, 3.05) is 0 Å². The molecule has 1 rings (SSSR count). The van der Waals surface area contributed by atoms with Gasteiger partial charge in [-0.1, -0.05) is 25.3 Å². The number of imide groups is 1. The average Bonchev–Trinajstić information content (AvgIpc) is 2.33. The van der Waals surface area contributed by atoms with Gasteiger partial charge in [0.25, 0.3) is 11.8 Å². The minimum absolute atomic E-state index is 0.333. The van der Waals surface area contributed by atoms with Gasteiger partial charge in [-0.25, -0.2) is 0 Å². The molecule has 2 amide bonds. The van der Waals surface area contributed by atoms with Crippen molar-refractivity contribution >= 4 is 11.8 Å². The van der Waals surface area contributed by atoms with Crippen LogP contribution in [0.4, 0.5) is 0 Å². The predicted molar refractivity (Wildman–Crippen MR) is 49.7 cm³/mol. The monoisotopic (exact) mass is 175 g/mol. The Kier molecular flexibility index (Phi) is 2.59. The van der Waals surface area contributed by atoms with Gasteiger partial charge in [-0.3, -0.25) is 14.9 Å². The van der Waals surface area contributed by atoms with Crippen LogP contribution in [-0.2, 0) is 9.59 Å². The van der Waals surface area contributed by atoms with E-state index in [1.165, 1.54) is 24.3 Å². The van der Waals surface area contributed by atoms with Crippen LogP contribution < -0.4 is 5.32 Å². The van der Waals surface area contributed by atoms with Crippen molar-refractivity contribution in [2.24, 2.45) is 0 Å². The van der Waals surface area contributed by atoms with Gasteiger partial charge in [-0.05, 0) is 12.2 Å². The molecule has 0 spiro atoms. The van der Waals surface area contributed by atoms with Gasteiger partial charge < -0.3 is 0 Å². The Morgan fingerprint density at radius 2 is 1.31 bits per heavy atom. The number of rotatable bonds is 2. The molecular weight excluding hydrogens is 166 g/mol. The van der Waals surface area contributed by atoms with E-state index in [1.807, 2.05) is 0 Å². The van der Waals surface area contributed by atoms with Crippen LogP contribution in [0.5, 0.6) is 0 Å². The van der Waals surface area contributed by atoms with Crippen molar-refractivity contribution in [3.05, 3.63) is 48.6 Å². The van der Waals surface area contributed by atoms with Crippen LogP contribution >= 0.6 is 0 Å². The molecule has 1 aliphatic heterocycles. The summed E-state index contributed by atoms with van der Waals surface area (Å²) in [5.74, 6) is -0.781. The molecule has 0 aromatic rings. The molecule has 0 atom stereocenters. The number of amides is 2. The quantitative estimate of drug-likeness (QED) is 0.500. The third-order valence-corrected chi connectivity index (χ3v) is 1.58. The lowest BCUT2D eigenvalue weighted by Crippen LogP contribution is -2.19. The van der Waals surface area contributed by atoms with Crippen molar-refractivity contribution in [1.29, 1.82) is 0 Å². The number of hydrogen-bond acceptors (Lipinski definition) is 2. The fourth-order valence-corrected chi connectivity index (χ4v) is 1.05. The normalized spacial score (nSPS) is 22.2. The topological polar surface area (TPSA) is 46.2 Å². The van der Waals surface area contributed by atoms with Crippen molar-refractivity contribution < 1.29 is 9.59 Å². The van der Waals surface area contributed by atoms with Crippen LogP contribution in [0.25, 0.3) is 0 Å². The zero-order valence-corrected chi connectivity index (χ0v) is 7.04. The van der Waals surface area contributed by atoms with E-state index < -0.39 is 11.8 Å². The molecule has 0 radical (unpaired) electrons. The highest BCUT2D eigenvalue weighted by atomic mass is 16.2.